The van der Waals surface area contributed by atoms with Gasteiger partial charge >= 0.3 is 0 Å². The molecular weight excluding hydrogens is 200 g/mol. The molecule has 1 aliphatic rings. The van der Waals surface area contributed by atoms with Crippen molar-refractivity contribution in [3.05, 3.63) is 17.5 Å². The summed E-state index contributed by atoms with van der Waals surface area (Å²) in [6, 6.07) is 2.67. The summed E-state index contributed by atoms with van der Waals surface area (Å²) in [7, 11) is 0. The lowest BCUT2D eigenvalue weighted by Crippen LogP contribution is -2.24. The first kappa shape index (κ1) is 11.3. The number of anilines is 1. The minimum atomic E-state index is 0.679. The quantitative estimate of drug-likeness (QED) is 0.810. The Kier molecular flexibility index (Phi) is 3.72. The fourth-order valence-corrected chi connectivity index (χ4v) is 2.17. The summed E-state index contributed by atoms with van der Waals surface area (Å²) in [5, 5.41) is 6.78. The SMILES string of the molecule is Cc1cc(C)nc(NCCC2CCCN2)n1. The van der Waals surface area contributed by atoms with E-state index in [1.807, 2.05) is 19.9 Å². The van der Waals surface area contributed by atoms with E-state index in [9.17, 15) is 0 Å². The molecule has 2 heterocycles. The first-order chi connectivity index (χ1) is 7.74. The van der Waals surface area contributed by atoms with Crippen molar-refractivity contribution in [3.63, 3.8) is 0 Å². The van der Waals surface area contributed by atoms with E-state index in [1.165, 1.54) is 19.4 Å². The van der Waals surface area contributed by atoms with E-state index in [0.29, 0.717) is 6.04 Å². The van der Waals surface area contributed by atoms with Crippen LogP contribution < -0.4 is 10.6 Å². The second kappa shape index (κ2) is 5.25. The van der Waals surface area contributed by atoms with Gasteiger partial charge in [-0.05, 0) is 45.7 Å². The molecule has 1 unspecified atom stereocenters. The summed E-state index contributed by atoms with van der Waals surface area (Å²) in [4.78, 5) is 8.71. The van der Waals surface area contributed by atoms with E-state index in [4.69, 9.17) is 0 Å². The van der Waals surface area contributed by atoms with Gasteiger partial charge in [-0.1, -0.05) is 0 Å². The highest BCUT2D eigenvalue weighted by molar-refractivity contribution is 5.27. The third kappa shape index (κ3) is 3.17. The van der Waals surface area contributed by atoms with Crippen molar-refractivity contribution in [1.29, 1.82) is 0 Å². The number of aromatic nitrogens is 2. The molecule has 0 aliphatic carbocycles. The third-order valence-corrected chi connectivity index (χ3v) is 2.92. The number of hydrogen-bond donors (Lipinski definition) is 2. The van der Waals surface area contributed by atoms with Crippen LogP contribution in [0.25, 0.3) is 0 Å². The summed E-state index contributed by atoms with van der Waals surface area (Å²) < 4.78 is 0. The summed E-state index contributed by atoms with van der Waals surface area (Å²) in [6.07, 6.45) is 3.76. The molecule has 0 aromatic carbocycles. The second-order valence-electron chi connectivity index (χ2n) is 4.48. The smallest absolute Gasteiger partial charge is 0.223 e. The topological polar surface area (TPSA) is 49.8 Å². The summed E-state index contributed by atoms with van der Waals surface area (Å²) in [5.41, 5.74) is 2.04. The van der Waals surface area contributed by atoms with E-state index in [2.05, 4.69) is 20.6 Å². The molecule has 0 amide bonds. The molecular formula is C12H20N4. The minimum absolute atomic E-state index is 0.679. The predicted octanol–water partition coefficient (Wildman–Crippen LogP) is 1.65. The number of nitrogens with one attached hydrogen (secondary N) is 2. The molecule has 2 rings (SSSR count). The molecule has 88 valence electrons. The molecule has 4 heteroatoms. The Balaban J connectivity index is 1.80. The Morgan fingerprint density at radius 2 is 2.12 bits per heavy atom. The van der Waals surface area contributed by atoms with E-state index < -0.39 is 0 Å². The van der Waals surface area contributed by atoms with Crippen LogP contribution in [0.5, 0.6) is 0 Å². The highest BCUT2D eigenvalue weighted by Gasteiger charge is 2.13. The van der Waals surface area contributed by atoms with Gasteiger partial charge < -0.3 is 10.6 Å². The average molecular weight is 220 g/mol. The van der Waals surface area contributed by atoms with Crippen molar-refractivity contribution >= 4 is 5.95 Å². The van der Waals surface area contributed by atoms with Gasteiger partial charge in [-0.15, -0.1) is 0 Å². The lowest BCUT2D eigenvalue weighted by atomic mass is 10.1. The molecule has 16 heavy (non-hydrogen) atoms. The average Bonchev–Trinajstić information content (AvgIpc) is 2.69. The van der Waals surface area contributed by atoms with Crippen LogP contribution in [0.3, 0.4) is 0 Å². The Hall–Kier alpha value is -1.16. The van der Waals surface area contributed by atoms with Crippen LogP contribution in [0, 0.1) is 13.8 Å². The highest BCUT2D eigenvalue weighted by atomic mass is 15.1. The van der Waals surface area contributed by atoms with Gasteiger partial charge in [-0.25, -0.2) is 9.97 Å². The molecule has 1 aromatic heterocycles. The van der Waals surface area contributed by atoms with Crippen molar-refractivity contribution in [2.24, 2.45) is 0 Å². The Morgan fingerprint density at radius 3 is 2.75 bits per heavy atom. The number of rotatable bonds is 4. The zero-order chi connectivity index (χ0) is 11.4. The van der Waals surface area contributed by atoms with Gasteiger partial charge in [0.1, 0.15) is 0 Å². The van der Waals surface area contributed by atoms with Crippen LogP contribution in [0.15, 0.2) is 6.07 Å². The highest BCUT2D eigenvalue weighted by Crippen LogP contribution is 2.09. The summed E-state index contributed by atoms with van der Waals surface area (Å²) in [5.74, 6) is 0.760. The van der Waals surface area contributed by atoms with Crippen LogP contribution in [0.2, 0.25) is 0 Å². The lowest BCUT2D eigenvalue weighted by Gasteiger charge is -2.11. The van der Waals surface area contributed by atoms with Gasteiger partial charge in [-0.2, -0.15) is 0 Å². The standard InChI is InChI=1S/C12H20N4/c1-9-8-10(2)16-12(15-9)14-7-5-11-4-3-6-13-11/h8,11,13H,3-7H2,1-2H3,(H,14,15,16). The molecule has 2 N–H and O–H groups in total. The van der Waals surface area contributed by atoms with Gasteiger partial charge in [0.15, 0.2) is 0 Å². The maximum Gasteiger partial charge on any atom is 0.223 e. The molecule has 0 bridgehead atoms. The molecule has 1 fully saturated rings. The molecule has 1 saturated heterocycles. The van der Waals surface area contributed by atoms with Crippen molar-refractivity contribution in [2.75, 3.05) is 18.4 Å². The largest absolute Gasteiger partial charge is 0.354 e. The maximum atomic E-state index is 4.36. The summed E-state index contributed by atoms with van der Waals surface area (Å²) >= 11 is 0. The molecule has 0 spiro atoms. The monoisotopic (exact) mass is 220 g/mol. The van der Waals surface area contributed by atoms with Crippen LogP contribution in [0.4, 0.5) is 5.95 Å². The van der Waals surface area contributed by atoms with E-state index in [1.54, 1.807) is 0 Å². The Morgan fingerprint density at radius 1 is 1.38 bits per heavy atom. The fourth-order valence-electron chi connectivity index (χ4n) is 2.17. The summed E-state index contributed by atoms with van der Waals surface area (Å²) in [6.45, 7) is 6.11. The van der Waals surface area contributed by atoms with Crippen LogP contribution in [-0.4, -0.2) is 29.1 Å². The fraction of sp³-hybridized carbons (Fsp3) is 0.667. The Labute approximate surface area is 96.9 Å². The molecule has 0 saturated carbocycles. The van der Waals surface area contributed by atoms with Gasteiger partial charge in [0.05, 0.1) is 0 Å². The van der Waals surface area contributed by atoms with Gasteiger partial charge in [0, 0.05) is 24.0 Å². The third-order valence-electron chi connectivity index (χ3n) is 2.92. The minimum Gasteiger partial charge on any atom is -0.354 e. The van der Waals surface area contributed by atoms with Crippen LogP contribution >= 0.6 is 0 Å². The maximum absolute atomic E-state index is 4.36. The number of nitrogens with zero attached hydrogens (tertiary/aromatic N) is 2. The van der Waals surface area contributed by atoms with Crippen molar-refractivity contribution in [2.45, 2.75) is 39.2 Å². The first-order valence-corrected chi connectivity index (χ1v) is 6.03. The van der Waals surface area contributed by atoms with Crippen molar-refractivity contribution in [3.8, 4) is 0 Å². The van der Waals surface area contributed by atoms with Crippen LogP contribution in [0.1, 0.15) is 30.7 Å². The molecule has 1 atom stereocenters. The molecule has 1 aromatic rings. The van der Waals surface area contributed by atoms with Crippen molar-refractivity contribution in [1.82, 2.24) is 15.3 Å². The van der Waals surface area contributed by atoms with Gasteiger partial charge in [0.2, 0.25) is 5.95 Å². The number of hydrogen-bond acceptors (Lipinski definition) is 4. The van der Waals surface area contributed by atoms with Gasteiger partial charge in [-0.3, -0.25) is 0 Å². The van der Waals surface area contributed by atoms with E-state index in [0.717, 1.165) is 30.3 Å². The molecule has 0 radical (unpaired) electrons. The van der Waals surface area contributed by atoms with E-state index in [-0.39, 0.29) is 0 Å². The number of aryl methyl sites for hydroxylation is 2. The first-order valence-electron chi connectivity index (χ1n) is 6.03. The van der Waals surface area contributed by atoms with Crippen LogP contribution in [-0.2, 0) is 0 Å². The lowest BCUT2D eigenvalue weighted by molar-refractivity contribution is 0.573. The normalized spacial score (nSPS) is 20.0. The molecule has 4 nitrogen and oxygen atoms in total. The zero-order valence-corrected chi connectivity index (χ0v) is 10.1. The predicted molar refractivity (Wildman–Crippen MR) is 65.6 cm³/mol. The zero-order valence-electron chi connectivity index (χ0n) is 10.1. The molecule has 1 aliphatic heterocycles. The van der Waals surface area contributed by atoms with Gasteiger partial charge in [0.25, 0.3) is 0 Å². The van der Waals surface area contributed by atoms with Crippen molar-refractivity contribution < 1.29 is 0 Å². The Bertz CT molecular complexity index is 325. The second-order valence-corrected chi connectivity index (χ2v) is 4.48. The van der Waals surface area contributed by atoms with E-state index >= 15 is 0 Å².